The molecule has 0 aliphatic carbocycles. The second kappa shape index (κ2) is 4.78. The SMILES string of the molecule is CCOc1ccc(C2(CC)CCC(=O)N2)cc1. The number of nitrogens with one attached hydrogen (secondary N) is 1. The molecule has 1 aliphatic rings. The zero-order valence-electron chi connectivity index (χ0n) is 10.5. The summed E-state index contributed by atoms with van der Waals surface area (Å²) in [6.45, 7) is 4.76. The Labute approximate surface area is 102 Å². The Morgan fingerprint density at radius 1 is 1.29 bits per heavy atom. The average molecular weight is 233 g/mol. The lowest BCUT2D eigenvalue weighted by Gasteiger charge is -2.28. The smallest absolute Gasteiger partial charge is 0.220 e. The average Bonchev–Trinajstić information content (AvgIpc) is 2.74. The van der Waals surface area contributed by atoms with E-state index >= 15 is 0 Å². The Hall–Kier alpha value is -1.51. The van der Waals surface area contributed by atoms with Crippen LogP contribution in [0.15, 0.2) is 24.3 Å². The molecular weight excluding hydrogens is 214 g/mol. The summed E-state index contributed by atoms with van der Waals surface area (Å²) in [5.74, 6) is 1.03. The van der Waals surface area contributed by atoms with E-state index in [9.17, 15) is 4.79 Å². The van der Waals surface area contributed by atoms with E-state index in [-0.39, 0.29) is 11.4 Å². The third-order valence-corrected chi connectivity index (χ3v) is 3.48. The Morgan fingerprint density at radius 2 is 2.00 bits per heavy atom. The van der Waals surface area contributed by atoms with Gasteiger partial charge in [0.25, 0.3) is 0 Å². The molecule has 1 aliphatic heterocycles. The molecule has 3 heteroatoms. The van der Waals surface area contributed by atoms with Crippen molar-refractivity contribution in [1.82, 2.24) is 5.32 Å². The number of rotatable bonds is 4. The number of hydrogen-bond acceptors (Lipinski definition) is 2. The molecule has 0 radical (unpaired) electrons. The summed E-state index contributed by atoms with van der Waals surface area (Å²) in [7, 11) is 0. The standard InChI is InChI=1S/C14H19NO2/c1-3-14(10-9-13(16)15-14)11-5-7-12(8-6-11)17-4-2/h5-8H,3-4,9-10H2,1-2H3,(H,15,16). The predicted molar refractivity (Wildman–Crippen MR) is 67.0 cm³/mol. The molecule has 1 unspecified atom stereocenters. The Balaban J connectivity index is 2.23. The van der Waals surface area contributed by atoms with Crippen LogP contribution in [0.1, 0.15) is 38.7 Å². The number of benzene rings is 1. The number of carbonyl (C=O) groups is 1. The van der Waals surface area contributed by atoms with Gasteiger partial charge in [-0.3, -0.25) is 4.79 Å². The maximum atomic E-state index is 11.4. The third kappa shape index (κ3) is 2.28. The van der Waals surface area contributed by atoms with Gasteiger partial charge in [-0.1, -0.05) is 19.1 Å². The van der Waals surface area contributed by atoms with Crippen LogP contribution in [-0.2, 0) is 10.3 Å². The van der Waals surface area contributed by atoms with Gasteiger partial charge in [0, 0.05) is 6.42 Å². The van der Waals surface area contributed by atoms with Crippen LogP contribution in [0.25, 0.3) is 0 Å². The second-order valence-corrected chi connectivity index (χ2v) is 4.44. The summed E-state index contributed by atoms with van der Waals surface area (Å²) in [5.41, 5.74) is 1.01. The lowest BCUT2D eigenvalue weighted by molar-refractivity contribution is -0.119. The first-order chi connectivity index (χ1) is 8.20. The highest BCUT2D eigenvalue weighted by Crippen LogP contribution is 2.35. The molecule has 1 saturated heterocycles. The molecule has 3 nitrogen and oxygen atoms in total. The molecule has 2 rings (SSSR count). The number of amides is 1. The highest BCUT2D eigenvalue weighted by molar-refractivity contribution is 5.79. The Bertz CT molecular complexity index is 399. The Kier molecular flexibility index (Phi) is 3.36. The maximum Gasteiger partial charge on any atom is 0.220 e. The summed E-state index contributed by atoms with van der Waals surface area (Å²) >= 11 is 0. The highest BCUT2D eigenvalue weighted by Gasteiger charge is 2.37. The highest BCUT2D eigenvalue weighted by atomic mass is 16.5. The van der Waals surface area contributed by atoms with Gasteiger partial charge in [-0.25, -0.2) is 0 Å². The quantitative estimate of drug-likeness (QED) is 0.868. The van der Waals surface area contributed by atoms with E-state index in [1.807, 2.05) is 19.1 Å². The summed E-state index contributed by atoms with van der Waals surface area (Å²) in [6.07, 6.45) is 2.43. The lowest BCUT2D eigenvalue weighted by Crippen LogP contribution is -2.38. The van der Waals surface area contributed by atoms with Gasteiger partial charge in [0.15, 0.2) is 0 Å². The van der Waals surface area contributed by atoms with Crippen LogP contribution in [0.3, 0.4) is 0 Å². The van der Waals surface area contributed by atoms with E-state index < -0.39 is 0 Å². The van der Waals surface area contributed by atoms with Crippen LogP contribution in [-0.4, -0.2) is 12.5 Å². The van der Waals surface area contributed by atoms with Gasteiger partial charge in [-0.05, 0) is 37.5 Å². The molecule has 0 saturated carbocycles. The van der Waals surface area contributed by atoms with Gasteiger partial charge >= 0.3 is 0 Å². The summed E-state index contributed by atoms with van der Waals surface area (Å²) in [6, 6.07) is 8.06. The van der Waals surface area contributed by atoms with Crippen molar-refractivity contribution in [3.63, 3.8) is 0 Å². The first-order valence-corrected chi connectivity index (χ1v) is 6.24. The Morgan fingerprint density at radius 3 is 2.47 bits per heavy atom. The van der Waals surface area contributed by atoms with Crippen LogP contribution in [0.5, 0.6) is 5.75 Å². The van der Waals surface area contributed by atoms with Gasteiger partial charge in [-0.15, -0.1) is 0 Å². The number of hydrogen-bond donors (Lipinski definition) is 1. The molecule has 1 N–H and O–H groups in total. The number of carbonyl (C=O) groups excluding carboxylic acids is 1. The van der Waals surface area contributed by atoms with Crippen LogP contribution in [0.2, 0.25) is 0 Å². The molecular formula is C14H19NO2. The molecule has 1 heterocycles. The first kappa shape index (κ1) is 12.0. The normalized spacial score (nSPS) is 23.5. The molecule has 92 valence electrons. The largest absolute Gasteiger partial charge is 0.494 e. The van der Waals surface area contributed by atoms with Crippen molar-refractivity contribution in [3.05, 3.63) is 29.8 Å². The van der Waals surface area contributed by atoms with Crippen LogP contribution in [0.4, 0.5) is 0 Å². The molecule has 1 atom stereocenters. The van der Waals surface area contributed by atoms with Crippen molar-refractivity contribution in [2.45, 2.75) is 38.6 Å². The van der Waals surface area contributed by atoms with Gasteiger partial charge < -0.3 is 10.1 Å². The van der Waals surface area contributed by atoms with Crippen molar-refractivity contribution in [1.29, 1.82) is 0 Å². The molecule has 1 aromatic rings. The van der Waals surface area contributed by atoms with Crippen LogP contribution < -0.4 is 10.1 Å². The van der Waals surface area contributed by atoms with E-state index in [4.69, 9.17) is 4.74 Å². The molecule has 0 bridgehead atoms. The predicted octanol–water partition coefficient (Wildman–Crippen LogP) is 2.60. The van der Waals surface area contributed by atoms with E-state index in [1.54, 1.807) is 0 Å². The maximum absolute atomic E-state index is 11.4. The van der Waals surface area contributed by atoms with Gasteiger partial charge in [0.2, 0.25) is 5.91 Å². The van der Waals surface area contributed by atoms with Crippen molar-refractivity contribution in [3.8, 4) is 5.75 Å². The van der Waals surface area contributed by atoms with E-state index in [2.05, 4.69) is 24.4 Å². The minimum absolute atomic E-state index is 0.153. The molecule has 17 heavy (non-hydrogen) atoms. The minimum atomic E-state index is -0.165. The van der Waals surface area contributed by atoms with Gasteiger partial charge in [0.05, 0.1) is 12.1 Å². The monoisotopic (exact) mass is 233 g/mol. The zero-order chi connectivity index (χ0) is 12.3. The van der Waals surface area contributed by atoms with Crippen molar-refractivity contribution < 1.29 is 9.53 Å². The fourth-order valence-electron chi connectivity index (χ4n) is 2.44. The van der Waals surface area contributed by atoms with Crippen LogP contribution >= 0.6 is 0 Å². The summed E-state index contributed by atoms with van der Waals surface area (Å²) in [4.78, 5) is 11.4. The topological polar surface area (TPSA) is 38.3 Å². The molecule has 1 amide bonds. The van der Waals surface area contributed by atoms with Crippen LogP contribution in [0, 0.1) is 0 Å². The third-order valence-electron chi connectivity index (χ3n) is 3.48. The fourth-order valence-corrected chi connectivity index (χ4v) is 2.44. The van der Waals surface area contributed by atoms with Gasteiger partial charge in [0.1, 0.15) is 5.75 Å². The van der Waals surface area contributed by atoms with E-state index in [1.165, 1.54) is 5.56 Å². The fraction of sp³-hybridized carbons (Fsp3) is 0.500. The van der Waals surface area contributed by atoms with E-state index in [0.717, 1.165) is 18.6 Å². The van der Waals surface area contributed by atoms with E-state index in [0.29, 0.717) is 13.0 Å². The molecule has 0 aromatic heterocycles. The second-order valence-electron chi connectivity index (χ2n) is 4.44. The van der Waals surface area contributed by atoms with Gasteiger partial charge in [-0.2, -0.15) is 0 Å². The first-order valence-electron chi connectivity index (χ1n) is 6.24. The summed E-state index contributed by atoms with van der Waals surface area (Å²) < 4.78 is 5.42. The van der Waals surface area contributed by atoms with Crippen molar-refractivity contribution >= 4 is 5.91 Å². The van der Waals surface area contributed by atoms with Crippen molar-refractivity contribution in [2.75, 3.05) is 6.61 Å². The number of ether oxygens (including phenoxy) is 1. The molecule has 1 aromatic carbocycles. The van der Waals surface area contributed by atoms with Crippen molar-refractivity contribution in [2.24, 2.45) is 0 Å². The summed E-state index contributed by atoms with van der Waals surface area (Å²) in [5, 5.41) is 3.11. The molecule has 0 spiro atoms. The lowest BCUT2D eigenvalue weighted by atomic mass is 9.86. The minimum Gasteiger partial charge on any atom is -0.494 e. The molecule has 1 fully saturated rings. The zero-order valence-corrected chi connectivity index (χ0v) is 10.5.